The van der Waals surface area contributed by atoms with Crippen molar-refractivity contribution in [1.82, 2.24) is 9.80 Å². The largest absolute Gasteiger partial charge is 0.290 e. The van der Waals surface area contributed by atoms with Crippen LogP contribution in [0, 0.1) is 0 Å². The molecule has 0 unspecified atom stereocenters. The average Bonchev–Trinajstić information content (AvgIpc) is 3.21. The minimum absolute atomic E-state index is 0. The molecule has 3 aliphatic rings. The highest BCUT2D eigenvalue weighted by Gasteiger charge is 2.35. The molecule has 0 bridgehead atoms. The van der Waals surface area contributed by atoms with Gasteiger partial charge in [-0.15, -0.1) is 12.4 Å². The third kappa shape index (κ3) is 4.42. The number of hydrogen-bond acceptors (Lipinski definition) is 2. The second kappa shape index (κ2) is 10.5. The molecule has 0 saturated carbocycles. The van der Waals surface area contributed by atoms with Gasteiger partial charge in [0.2, 0.25) is 0 Å². The lowest BCUT2D eigenvalue weighted by Crippen LogP contribution is -2.49. The molecule has 4 aromatic carbocycles. The van der Waals surface area contributed by atoms with Gasteiger partial charge < -0.3 is 0 Å². The van der Waals surface area contributed by atoms with E-state index in [0.717, 1.165) is 51.9 Å². The Hall–Kier alpha value is -2.91. The Morgan fingerprint density at radius 2 is 0.622 bits per heavy atom. The van der Waals surface area contributed by atoms with Crippen molar-refractivity contribution in [3.8, 4) is 0 Å². The minimum atomic E-state index is 0. The summed E-state index contributed by atoms with van der Waals surface area (Å²) < 4.78 is 0. The average molecular weight is 507 g/mol. The fourth-order valence-electron chi connectivity index (χ4n) is 7.03. The van der Waals surface area contributed by atoms with Crippen LogP contribution < -0.4 is 0 Å². The highest BCUT2D eigenvalue weighted by atomic mass is 35.5. The van der Waals surface area contributed by atoms with E-state index in [4.69, 9.17) is 0 Å². The van der Waals surface area contributed by atoms with Crippen molar-refractivity contribution >= 4 is 12.4 Å². The third-order valence-electron chi connectivity index (χ3n) is 8.81. The summed E-state index contributed by atoms with van der Waals surface area (Å²) in [6.07, 6.45) is 4.55. The van der Waals surface area contributed by atoms with Gasteiger partial charge in [-0.1, -0.05) is 97.1 Å². The Kier molecular flexibility index (Phi) is 6.90. The Balaban J connectivity index is 0.00000252. The van der Waals surface area contributed by atoms with Crippen molar-refractivity contribution in [2.45, 2.75) is 37.8 Å². The fourth-order valence-corrected chi connectivity index (χ4v) is 7.03. The van der Waals surface area contributed by atoms with Crippen LogP contribution in [0.4, 0.5) is 0 Å². The monoisotopic (exact) mass is 506 g/mol. The number of rotatable bonds is 2. The Bertz CT molecular complexity index is 1190. The molecule has 2 aliphatic carbocycles. The van der Waals surface area contributed by atoms with Crippen LogP contribution in [0.15, 0.2) is 97.1 Å². The molecule has 1 aliphatic heterocycles. The van der Waals surface area contributed by atoms with Gasteiger partial charge in [-0.2, -0.15) is 0 Å². The van der Waals surface area contributed by atoms with E-state index in [9.17, 15) is 0 Å². The number of hydrogen-bond donors (Lipinski definition) is 0. The zero-order valence-corrected chi connectivity index (χ0v) is 22.2. The summed E-state index contributed by atoms with van der Waals surface area (Å²) in [4.78, 5) is 5.52. The van der Waals surface area contributed by atoms with Gasteiger partial charge in [0, 0.05) is 26.2 Å². The molecule has 1 fully saturated rings. The topological polar surface area (TPSA) is 6.48 Å². The number of piperazine rings is 1. The number of benzene rings is 4. The summed E-state index contributed by atoms with van der Waals surface area (Å²) in [6, 6.07) is 37.4. The zero-order chi connectivity index (χ0) is 23.9. The predicted octanol–water partition coefficient (Wildman–Crippen LogP) is 6.80. The molecule has 1 saturated heterocycles. The summed E-state index contributed by atoms with van der Waals surface area (Å²) in [5.41, 5.74) is 12.1. The van der Waals surface area contributed by atoms with Gasteiger partial charge in [0.05, 0.1) is 12.1 Å². The van der Waals surface area contributed by atoms with Gasteiger partial charge in [0.1, 0.15) is 0 Å². The summed E-state index contributed by atoms with van der Waals surface area (Å²) >= 11 is 0. The van der Waals surface area contributed by atoms with Crippen molar-refractivity contribution in [1.29, 1.82) is 0 Å². The zero-order valence-electron chi connectivity index (χ0n) is 21.4. The maximum atomic E-state index is 2.76. The standard InChI is InChI=1S/C34H34N2.ClH/c1-5-13-29-25(9-1)17-18-26-10-2-6-14-30(26)33(29)35-21-23-36(24-22-35)34-31-15-7-3-11-27(31)19-20-28-12-4-8-16-32(28)34;/h1-16,33-34H,17-24H2;1H. The molecule has 2 nitrogen and oxygen atoms in total. The van der Waals surface area contributed by atoms with Crippen LogP contribution in [0.2, 0.25) is 0 Å². The first-order valence-electron chi connectivity index (χ1n) is 13.7. The van der Waals surface area contributed by atoms with Gasteiger partial charge >= 0.3 is 0 Å². The Morgan fingerprint density at radius 3 is 0.892 bits per heavy atom. The molecule has 0 amide bonds. The van der Waals surface area contributed by atoms with Crippen LogP contribution in [-0.4, -0.2) is 36.0 Å². The van der Waals surface area contributed by atoms with Crippen LogP contribution in [-0.2, 0) is 25.7 Å². The van der Waals surface area contributed by atoms with Gasteiger partial charge in [-0.3, -0.25) is 9.80 Å². The second-order valence-corrected chi connectivity index (χ2v) is 10.7. The summed E-state index contributed by atoms with van der Waals surface area (Å²) in [5.74, 6) is 0. The van der Waals surface area contributed by atoms with Crippen molar-refractivity contribution < 1.29 is 0 Å². The third-order valence-corrected chi connectivity index (χ3v) is 8.81. The van der Waals surface area contributed by atoms with E-state index < -0.39 is 0 Å². The molecule has 0 N–H and O–H groups in total. The number of nitrogens with zero attached hydrogens (tertiary/aromatic N) is 2. The maximum absolute atomic E-state index is 2.76. The molecular formula is C34H35ClN2. The highest BCUT2D eigenvalue weighted by molar-refractivity contribution is 5.85. The molecule has 7 rings (SSSR count). The molecule has 0 aromatic heterocycles. The first-order valence-corrected chi connectivity index (χ1v) is 13.7. The van der Waals surface area contributed by atoms with E-state index in [-0.39, 0.29) is 12.4 Å². The van der Waals surface area contributed by atoms with Crippen LogP contribution >= 0.6 is 12.4 Å². The quantitative estimate of drug-likeness (QED) is 0.295. The van der Waals surface area contributed by atoms with E-state index in [0.29, 0.717) is 12.1 Å². The minimum Gasteiger partial charge on any atom is -0.290 e. The van der Waals surface area contributed by atoms with Crippen LogP contribution in [0.5, 0.6) is 0 Å². The number of fused-ring (bicyclic) bond motifs is 4. The molecule has 4 aromatic rings. The lowest BCUT2D eigenvalue weighted by Gasteiger charge is -2.43. The SMILES string of the molecule is Cl.c1ccc2c(c1)CCc1ccccc1C2N1CCN(C2c3ccccc3CCc3ccccc32)CC1. The lowest BCUT2D eigenvalue weighted by molar-refractivity contribution is 0.0895. The van der Waals surface area contributed by atoms with Crippen molar-refractivity contribution in [2.24, 2.45) is 0 Å². The molecule has 37 heavy (non-hydrogen) atoms. The summed E-state index contributed by atoms with van der Waals surface area (Å²) in [7, 11) is 0. The van der Waals surface area contributed by atoms with Gasteiger partial charge in [-0.25, -0.2) is 0 Å². The van der Waals surface area contributed by atoms with E-state index in [1.54, 1.807) is 0 Å². The summed E-state index contributed by atoms with van der Waals surface area (Å²) in [6.45, 7) is 4.37. The van der Waals surface area contributed by atoms with Gasteiger partial charge in [0.15, 0.2) is 0 Å². The van der Waals surface area contributed by atoms with Crippen molar-refractivity contribution in [3.05, 3.63) is 142 Å². The fraction of sp³-hybridized carbons (Fsp3) is 0.294. The molecule has 0 radical (unpaired) electrons. The molecule has 0 spiro atoms. The van der Waals surface area contributed by atoms with E-state index in [1.807, 2.05) is 0 Å². The Labute approximate surface area is 227 Å². The highest BCUT2D eigenvalue weighted by Crippen LogP contribution is 2.40. The van der Waals surface area contributed by atoms with Gasteiger partial charge in [0.25, 0.3) is 0 Å². The van der Waals surface area contributed by atoms with Crippen molar-refractivity contribution in [3.63, 3.8) is 0 Å². The maximum Gasteiger partial charge on any atom is 0.0608 e. The summed E-state index contributed by atoms with van der Waals surface area (Å²) in [5, 5.41) is 0. The molecule has 188 valence electrons. The first-order chi connectivity index (χ1) is 17.9. The molecule has 0 atom stereocenters. The van der Waals surface area contributed by atoms with Crippen LogP contribution in [0.1, 0.15) is 56.6 Å². The molecular weight excluding hydrogens is 472 g/mol. The van der Waals surface area contributed by atoms with E-state index in [1.165, 1.54) is 44.5 Å². The van der Waals surface area contributed by atoms with E-state index in [2.05, 4.69) is 107 Å². The predicted molar refractivity (Wildman–Crippen MR) is 155 cm³/mol. The molecule has 3 heteroatoms. The second-order valence-electron chi connectivity index (χ2n) is 10.7. The first kappa shape index (κ1) is 24.4. The number of halogens is 1. The molecule has 1 heterocycles. The van der Waals surface area contributed by atoms with Crippen LogP contribution in [0.25, 0.3) is 0 Å². The smallest absolute Gasteiger partial charge is 0.0608 e. The van der Waals surface area contributed by atoms with Gasteiger partial charge in [-0.05, 0) is 70.2 Å². The van der Waals surface area contributed by atoms with Crippen molar-refractivity contribution in [2.75, 3.05) is 26.2 Å². The normalized spacial score (nSPS) is 18.4. The van der Waals surface area contributed by atoms with Crippen LogP contribution in [0.3, 0.4) is 0 Å². The number of aryl methyl sites for hydroxylation is 4. The Morgan fingerprint density at radius 1 is 0.378 bits per heavy atom. The lowest BCUT2D eigenvalue weighted by atomic mass is 9.91. The van der Waals surface area contributed by atoms with E-state index >= 15 is 0 Å².